The number of nitrogens with two attached hydrogens (primary N) is 1. The average Bonchev–Trinajstić information content (AvgIpc) is 2.68. The molecule has 1 aliphatic heterocycles. The summed E-state index contributed by atoms with van der Waals surface area (Å²) in [6, 6.07) is 3.53. The van der Waals surface area contributed by atoms with Gasteiger partial charge in [0.25, 0.3) is 5.91 Å². The average molecular weight is 315 g/mol. The van der Waals surface area contributed by atoms with Crippen molar-refractivity contribution in [3.63, 3.8) is 0 Å². The molecule has 0 bridgehead atoms. The third-order valence-electron chi connectivity index (χ3n) is 3.94. The Kier molecular flexibility index (Phi) is 5.17. The molecule has 1 unspecified atom stereocenters. The number of rotatable bonds is 2. The summed E-state index contributed by atoms with van der Waals surface area (Å²) < 4.78 is 0. The molecule has 1 amide bonds. The van der Waals surface area contributed by atoms with Gasteiger partial charge in [-0.05, 0) is 31.4 Å². The van der Waals surface area contributed by atoms with E-state index in [0.717, 1.165) is 25.8 Å². The largest absolute Gasteiger partial charge is 0.396 e. The van der Waals surface area contributed by atoms with Gasteiger partial charge in [0.15, 0.2) is 0 Å². The SMILES string of the molecule is CCC1CCCCCN1C(=O)c1cc(Cl)c(N)c(Cl)c1. The Morgan fingerprint density at radius 2 is 1.95 bits per heavy atom. The number of halogens is 2. The Morgan fingerprint density at radius 1 is 1.30 bits per heavy atom. The number of hydrogen-bond acceptors (Lipinski definition) is 2. The maximum Gasteiger partial charge on any atom is 0.254 e. The molecule has 2 rings (SSSR count). The molecule has 1 heterocycles. The van der Waals surface area contributed by atoms with Crippen LogP contribution < -0.4 is 5.73 Å². The smallest absolute Gasteiger partial charge is 0.254 e. The predicted molar refractivity (Wildman–Crippen MR) is 84.5 cm³/mol. The number of benzene rings is 1. The van der Waals surface area contributed by atoms with E-state index in [-0.39, 0.29) is 5.91 Å². The zero-order valence-electron chi connectivity index (χ0n) is 11.7. The fourth-order valence-electron chi connectivity index (χ4n) is 2.74. The Labute approximate surface area is 130 Å². The standard InChI is InChI=1S/C15H20Cl2N2O/c1-2-11-6-4-3-5-7-19(11)15(20)10-8-12(16)14(18)13(17)9-10/h8-9,11H,2-7,18H2,1H3. The van der Waals surface area contributed by atoms with Crippen LogP contribution in [0.1, 0.15) is 49.4 Å². The van der Waals surface area contributed by atoms with Crippen LogP contribution in [0.5, 0.6) is 0 Å². The van der Waals surface area contributed by atoms with E-state index in [4.69, 9.17) is 28.9 Å². The number of carbonyl (C=O) groups excluding carboxylic acids is 1. The Balaban J connectivity index is 2.29. The van der Waals surface area contributed by atoms with Gasteiger partial charge in [-0.1, -0.05) is 43.0 Å². The molecule has 1 aliphatic rings. The molecule has 110 valence electrons. The third-order valence-corrected chi connectivity index (χ3v) is 4.56. The summed E-state index contributed by atoms with van der Waals surface area (Å²) in [7, 11) is 0. The topological polar surface area (TPSA) is 46.3 Å². The number of amides is 1. The summed E-state index contributed by atoms with van der Waals surface area (Å²) >= 11 is 12.0. The van der Waals surface area contributed by atoms with E-state index >= 15 is 0 Å². The molecular weight excluding hydrogens is 295 g/mol. The van der Waals surface area contributed by atoms with Gasteiger partial charge in [0.05, 0.1) is 15.7 Å². The van der Waals surface area contributed by atoms with Crippen molar-refractivity contribution in [1.29, 1.82) is 0 Å². The first-order valence-electron chi connectivity index (χ1n) is 7.10. The molecule has 1 aromatic carbocycles. The monoisotopic (exact) mass is 314 g/mol. The lowest BCUT2D eigenvalue weighted by molar-refractivity contribution is 0.0678. The molecule has 0 radical (unpaired) electrons. The molecule has 1 fully saturated rings. The predicted octanol–water partition coefficient (Wildman–Crippen LogP) is 4.37. The summed E-state index contributed by atoms with van der Waals surface area (Å²) in [5, 5.41) is 0.674. The summed E-state index contributed by atoms with van der Waals surface area (Å²) in [5.41, 5.74) is 6.57. The van der Waals surface area contributed by atoms with Crippen molar-refractivity contribution in [2.45, 2.75) is 45.1 Å². The molecule has 1 aromatic rings. The van der Waals surface area contributed by atoms with Gasteiger partial charge in [0.1, 0.15) is 0 Å². The zero-order chi connectivity index (χ0) is 14.7. The minimum atomic E-state index is 0.00236. The molecule has 3 nitrogen and oxygen atoms in total. The molecule has 1 saturated heterocycles. The minimum Gasteiger partial charge on any atom is -0.396 e. The van der Waals surface area contributed by atoms with Crippen LogP contribution in [0.3, 0.4) is 0 Å². The second kappa shape index (κ2) is 6.68. The summed E-state index contributed by atoms with van der Waals surface area (Å²) in [5.74, 6) is 0.00236. The molecule has 5 heteroatoms. The third kappa shape index (κ3) is 3.21. The van der Waals surface area contributed by atoms with Crippen LogP contribution in [0.4, 0.5) is 5.69 Å². The van der Waals surface area contributed by atoms with Crippen LogP contribution in [0.15, 0.2) is 12.1 Å². The fourth-order valence-corrected chi connectivity index (χ4v) is 3.23. The number of likely N-dealkylation sites (tertiary alicyclic amines) is 1. The van der Waals surface area contributed by atoms with Crippen molar-refractivity contribution < 1.29 is 4.79 Å². The van der Waals surface area contributed by atoms with Gasteiger partial charge >= 0.3 is 0 Å². The quantitative estimate of drug-likeness (QED) is 0.824. The second-order valence-corrected chi connectivity index (χ2v) is 6.08. The van der Waals surface area contributed by atoms with Crippen LogP contribution in [0.25, 0.3) is 0 Å². The van der Waals surface area contributed by atoms with Crippen LogP contribution in [0.2, 0.25) is 10.0 Å². The highest BCUT2D eigenvalue weighted by atomic mass is 35.5. The highest BCUT2D eigenvalue weighted by molar-refractivity contribution is 6.39. The lowest BCUT2D eigenvalue weighted by Crippen LogP contribution is -2.39. The van der Waals surface area contributed by atoms with Crippen LogP contribution in [-0.2, 0) is 0 Å². The molecule has 20 heavy (non-hydrogen) atoms. The van der Waals surface area contributed by atoms with Crippen molar-refractivity contribution >= 4 is 34.8 Å². The maximum atomic E-state index is 12.7. The normalized spacial score (nSPS) is 19.8. The minimum absolute atomic E-state index is 0.00236. The Bertz CT molecular complexity index is 482. The van der Waals surface area contributed by atoms with Crippen molar-refractivity contribution in [3.8, 4) is 0 Å². The molecule has 0 aromatic heterocycles. The Hall–Kier alpha value is -0.930. The van der Waals surface area contributed by atoms with Gasteiger partial charge < -0.3 is 10.6 Å². The van der Waals surface area contributed by atoms with Gasteiger partial charge in [-0.25, -0.2) is 0 Å². The van der Waals surface area contributed by atoms with E-state index in [9.17, 15) is 4.79 Å². The second-order valence-electron chi connectivity index (χ2n) is 5.26. The van der Waals surface area contributed by atoms with E-state index in [0.29, 0.717) is 27.3 Å². The fraction of sp³-hybridized carbons (Fsp3) is 0.533. The maximum absolute atomic E-state index is 12.7. The van der Waals surface area contributed by atoms with Crippen LogP contribution in [0, 0.1) is 0 Å². The lowest BCUT2D eigenvalue weighted by Gasteiger charge is -2.29. The molecule has 2 N–H and O–H groups in total. The Morgan fingerprint density at radius 3 is 2.55 bits per heavy atom. The van der Waals surface area contributed by atoms with Gasteiger partial charge in [0, 0.05) is 18.2 Å². The van der Waals surface area contributed by atoms with E-state index < -0.39 is 0 Å². The summed E-state index contributed by atoms with van der Waals surface area (Å²) in [4.78, 5) is 14.7. The van der Waals surface area contributed by atoms with Gasteiger partial charge in [0.2, 0.25) is 0 Å². The molecule has 0 saturated carbocycles. The van der Waals surface area contributed by atoms with Crippen LogP contribution >= 0.6 is 23.2 Å². The number of carbonyl (C=O) groups is 1. The molecular formula is C15H20Cl2N2O. The van der Waals surface area contributed by atoms with Crippen molar-refractivity contribution in [3.05, 3.63) is 27.7 Å². The van der Waals surface area contributed by atoms with Crippen molar-refractivity contribution in [1.82, 2.24) is 4.90 Å². The molecule has 0 spiro atoms. The van der Waals surface area contributed by atoms with Gasteiger partial charge in [-0.3, -0.25) is 4.79 Å². The summed E-state index contributed by atoms with van der Waals surface area (Å²) in [6.07, 6.45) is 5.47. The number of nitrogens with zero attached hydrogens (tertiary/aromatic N) is 1. The van der Waals surface area contributed by atoms with E-state index in [1.807, 2.05) is 4.90 Å². The van der Waals surface area contributed by atoms with Crippen molar-refractivity contribution in [2.75, 3.05) is 12.3 Å². The van der Waals surface area contributed by atoms with Crippen molar-refractivity contribution in [2.24, 2.45) is 0 Å². The number of hydrogen-bond donors (Lipinski definition) is 1. The highest BCUT2D eigenvalue weighted by Crippen LogP contribution is 2.30. The zero-order valence-corrected chi connectivity index (χ0v) is 13.2. The number of nitrogen functional groups attached to an aromatic ring is 1. The first kappa shape index (κ1) is 15.5. The first-order chi connectivity index (χ1) is 9.54. The van der Waals surface area contributed by atoms with Gasteiger partial charge in [-0.2, -0.15) is 0 Å². The van der Waals surface area contributed by atoms with E-state index in [2.05, 4.69) is 6.92 Å². The first-order valence-corrected chi connectivity index (χ1v) is 7.85. The summed E-state index contributed by atoms with van der Waals surface area (Å²) in [6.45, 7) is 2.93. The van der Waals surface area contributed by atoms with E-state index in [1.54, 1.807) is 12.1 Å². The molecule has 0 aliphatic carbocycles. The lowest BCUT2D eigenvalue weighted by atomic mass is 10.1. The van der Waals surface area contributed by atoms with Crippen LogP contribution in [-0.4, -0.2) is 23.4 Å². The highest BCUT2D eigenvalue weighted by Gasteiger charge is 2.25. The van der Waals surface area contributed by atoms with Gasteiger partial charge in [-0.15, -0.1) is 0 Å². The molecule has 1 atom stereocenters. The van der Waals surface area contributed by atoms with E-state index in [1.165, 1.54) is 12.8 Å². The number of anilines is 1.